The zero-order valence-corrected chi connectivity index (χ0v) is 24.2. The quantitative estimate of drug-likeness (QED) is 0.353. The molecule has 0 heterocycles. The number of nitrogens with zero attached hydrogens (tertiary/aromatic N) is 2. The molecule has 11 heteroatoms. The number of nitrogens with one attached hydrogen (secondary N) is 1. The van der Waals surface area contributed by atoms with E-state index in [0.29, 0.717) is 20.6 Å². The minimum atomic E-state index is -3.90. The van der Waals surface area contributed by atoms with Gasteiger partial charge in [0.1, 0.15) is 12.6 Å². The number of halogens is 3. The van der Waals surface area contributed by atoms with Crippen LogP contribution in [0.5, 0.6) is 0 Å². The van der Waals surface area contributed by atoms with Gasteiger partial charge in [-0.05, 0) is 42.3 Å². The Kier molecular flexibility index (Phi) is 10.1. The summed E-state index contributed by atoms with van der Waals surface area (Å²) in [5.41, 5.74) is 2.24. The van der Waals surface area contributed by atoms with Gasteiger partial charge < -0.3 is 10.2 Å². The van der Waals surface area contributed by atoms with Crippen LogP contribution in [-0.2, 0) is 32.6 Å². The molecule has 2 amide bonds. The van der Waals surface area contributed by atoms with Crippen molar-refractivity contribution in [1.82, 2.24) is 10.2 Å². The van der Waals surface area contributed by atoms with E-state index in [2.05, 4.69) is 5.32 Å². The third-order valence-electron chi connectivity index (χ3n) is 6.03. The molecular formula is C27H28Cl3N3O4S. The van der Waals surface area contributed by atoms with Crippen LogP contribution in [0.2, 0.25) is 15.1 Å². The van der Waals surface area contributed by atoms with Crippen LogP contribution in [0.1, 0.15) is 16.7 Å². The molecule has 38 heavy (non-hydrogen) atoms. The minimum absolute atomic E-state index is 0.117. The molecule has 0 aromatic heterocycles. The second kappa shape index (κ2) is 12.8. The van der Waals surface area contributed by atoms with E-state index in [1.807, 2.05) is 30.3 Å². The summed E-state index contributed by atoms with van der Waals surface area (Å²) in [7, 11) is -2.43. The van der Waals surface area contributed by atoms with E-state index in [4.69, 9.17) is 34.8 Å². The second-order valence-electron chi connectivity index (χ2n) is 8.74. The fraction of sp³-hybridized carbons (Fsp3) is 0.259. The monoisotopic (exact) mass is 595 g/mol. The second-order valence-corrected chi connectivity index (χ2v) is 11.9. The van der Waals surface area contributed by atoms with Crippen LogP contribution >= 0.6 is 34.8 Å². The molecule has 3 aromatic rings. The van der Waals surface area contributed by atoms with E-state index in [1.165, 1.54) is 18.0 Å². The van der Waals surface area contributed by atoms with E-state index in [9.17, 15) is 18.0 Å². The van der Waals surface area contributed by atoms with Gasteiger partial charge in [0.15, 0.2) is 0 Å². The van der Waals surface area contributed by atoms with Gasteiger partial charge in [-0.3, -0.25) is 13.9 Å². The van der Waals surface area contributed by atoms with Crippen LogP contribution in [0.15, 0.2) is 66.7 Å². The molecule has 0 aliphatic rings. The molecule has 0 aliphatic heterocycles. The van der Waals surface area contributed by atoms with Crippen molar-refractivity contribution in [2.24, 2.45) is 0 Å². The van der Waals surface area contributed by atoms with Crippen LogP contribution in [0, 0.1) is 6.92 Å². The van der Waals surface area contributed by atoms with Crippen molar-refractivity contribution in [3.05, 3.63) is 98.5 Å². The fourth-order valence-corrected chi connectivity index (χ4v) is 5.46. The topological polar surface area (TPSA) is 86.8 Å². The average molecular weight is 597 g/mol. The van der Waals surface area contributed by atoms with Crippen molar-refractivity contribution in [3.63, 3.8) is 0 Å². The first-order chi connectivity index (χ1) is 17.9. The van der Waals surface area contributed by atoms with E-state index in [1.54, 1.807) is 37.3 Å². The van der Waals surface area contributed by atoms with Crippen LogP contribution in [-0.4, -0.2) is 51.0 Å². The van der Waals surface area contributed by atoms with Crippen LogP contribution in [0.25, 0.3) is 0 Å². The van der Waals surface area contributed by atoms with Crippen LogP contribution < -0.4 is 9.62 Å². The molecule has 0 fully saturated rings. The normalized spacial score (nSPS) is 12.1. The van der Waals surface area contributed by atoms with Crippen LogP contribution in [0.3, 0.4) is 0 Å². The zero-order valence-electron chi connectivity index (χ0n) is 21.1. The molecule has 0 bridgehead atoms. The van der Waals surface area contributed by atoms with Crippen molar-refractivity contribution in [2.45, 2.75) is 25.9 Å². The predicted molar refractivity (Wildman–Crippen MR) is 153 cm³/mol. The average Bonchev–Trinajstić information content (AvgIpc) is 2.87. The fourth-order valence-electron chi connectivity index (χ4n) is 3.92. The molecule has 1 unspecified atom stereocenters. The Morgan fingerprint density at radius 1 is 0.921 bits per heavy atom. The van der Waals surface area contributed by atoms with Gasteiger partial charge in [0.2, 0.25) is 21.8 Å². The highest BCUT2D eigenvalue weighted by Crippen LogP contribution is 2.29. The predicted octanol–water partition coefficient (Wildman–Crippen LogP) is 5.11. The molecule has 7 nitrogen and oxygen atoms in total. The molecule has 0 saturated carbocycles. The maximum absolute atomic E-state index is 13.9. The number of carbonyl (C=O) groups excluding carboxylic acids is 2. The summed E-state index contributed by atoms with van der Waals surface area (Å²) in [6, 6.07) is 17.9. The largest absolute Gasteiger partial charge is 0.357 e. The van der Waals surface area contributed by atoms with Gasteiger partial charge in [0.25, 0.3) is 0 Å². The van der Waals surface area contributed by atoms with E-state index in [-0.39, 0.29) is 18.7 Å². The first-order valence-electron chi connectivity index (χ1n) is 11.6. The highest BCUT2D eigenvalue weighted by molar-refractivity contribution is 7.92. The number of aryl methyl sites for hydroxylation is 1. The lowest BCUT2D eigenvalue weighted by molar-refractivity contribution is -0.139. The van der Waals surface area contributed by atoms with Crippen molar-refractivity contribution < 1.29 is 18.0 Å². The van der Waals surface area contributed by atoms with Gasteiger partial charge in [-0.1, -0.05) is 77.3 Å². The number of hydrogen-bond donors (Lipinski definition) is 1. The van der Waals surface area contributed by atoms with Gasteiger partial charge >= 0.3 is 0 Å². The highest BCUT2D eigenvalue weighted by Gasteiger charge is 2.33. The molecular weight excluding hydrogens is 569 g/mol. The summed E-state index contributed by atoms with van der Waals surface area (Å²) in [5, 5.41) is 3.60. The van der Waals surface area contributed by atoms with E-state index < -0.39 is 34.4 Å². The summed E-state index contributed by atoms with van der Waals surface area (Å²) in [4.78, 5) is 28.4. The third-order valence-corrected chi connectivity index (χ3v) is 8.29. The third kappa shape index (κ3) is 7.41. The maximum atomic E-state index is 13.9. The summed E-state index contributed by atoms with van der Waals surface area (Å²) in [6.07, 6.45) is 1.19. The molecule has 0 spiro atoms. The number of hydrogen-bond acceptors (Lipinski definition) is 4. The van der Waals surface area contributed by atoms with Crippen molar-refractivity contribution in [3.8, 4) is 0 Å². The smallest absolute Gasteiger partial charge is 0.244 e. The lowest BCUT2D eigenvalue weighted by Gasteiger charge is -2.33. The minimum Gasteiger partial charge on any atom is -0.357 e. The zero-order chi connectivity index (χ0) is 28.0. The number of benzene rings is 3. The summed E-state index contributed by atoms with van der Waals surface area (Å²) in [6.45, 7) is 1.10. The van der Waals surface area contributed by atoms with Crippen molar-refractivity contribution in [2.75, 3.05) is 24.2 Å². The summed E-state index contributed by atoms with van der Waals surface area (Å²) >= 11 is 19.1. The molecule has 3 aromatic carbocycles. The molecule has 0 saturated heterocycles. The highest BCUT2D eigenvalue weighted by atomic mass is 35.5. The van der Waals surface area contributed by atoms with Gasteiger partial charge in [0, 0.05) is 40.6 Å². The van der Waals surface area contributed by atoms with Crippen molar-refractivity contribution in [1.29, 1.82) is 0 Å². The van der Waals surface area contributed by atoms with E-state index >= 15 is 0 Å². The molecule has 0 radical (unpaired) electrons. The Bertz CT molecular complexity index is 1400. The van der Waals surface area contributed by atoms with Gasteiger partial charge in [-0.25, -0.2) is 8.42 Å². The Labute approximate surface area is 238 Å². The number of anilines is 1. The molecule has 1 atom stereocenters. The lowest BCUT2D eigenvalue weighted by Crippen LogP contribution is -2.53. The number of likely N-dealkylation sites (N-methyl/N-ethyl adjacent to an activating group) is 1. The molecule has 202 valence electrons. The molecule has 0 aliphatic carbocycles. The van der Waals surface area contributed by atoms with E-state index in [0.717, 1.165) is 21.7 Å². The number of amides is 2. The van der Waals surface area contributed by atoms with Gasteiger partial charge in [-0.15, -0.1) is 0 Å². The number of sulfonamides is 1. The number of rotatable bonds is 10. The molecule has 3 rings (SSSR count). The van der Waals surface area contributed by atoms with Gasteiger partial charge in [0.05, 0.1) is 11.9 Å². The maximum Gasteiger partial charge on any atom is 0.244 e. The number of carbonyl (C=O) groups is 2. The standard InChI is InChI=1S/C27H28Cl3N3O4S/c1-18-12-13-20(15-24(18)30)33(38(3,36)37)17-26(34)32(16-21-22(28)10-7-11-23(21)29)25(27(35)31-2)14-19-8-5-4-6-9-19/h4-13,15,25H,14,16-17H2,1-3H3,(H,31,35). The SMILES string of the molecule is CNC(=O)C(Cc1ccccc1)N(Cc1c(Cl)cccc1Cl)C(=O)CN(c1ccc(C)c(Cl)c1)S(C)(=O)=O. The summed E-state index contributed by atoms with van der Waals surface area (Å²) in [5.74, 6) is -1.04. The first-order valence-corrected chi connectivity index (χ1v) is 14.6. The van der Waals surface area contributed by atoms with Crippen LogP contribution in [0.4, 0.5) is 5.69 Å². The first kappa shape index (κ1) is 29.8. The Morgan fingerprint density at radius 3 is 2.11 bits per heavy atom. The Morgan fingerprint density at radius 2 is 1.55 bits per heavy atom. The Balaban J connectivity index is 2.08. The van der Waals surface area contributed by atoms with Gasteiger partial charge in [-0.2, -0.15) is 0 Å². The summed E-state index contributed by atoms with van der Waals surface area (Å²) < 4.78 is 26.6. The lowest BCUT2D eigenvalue weighted by atomic mass is 10.0. The Hall–Kier alpha value is -2.78. The molecule has 1 N–H and O–H groups in total. The van der Waals surface area contributed by atoms with Crippen molar-refractivity contribution >= 4 is 62.3 Å².